The molecule has 0 radical (unpaired) electrons. The molecular formula is C13H23N5O2. The van der Waals surface area contributed by atoms with Crippen LogP contribution in [0.15, 0.2) is 12.3 Å². The van der Waals surface area contributed by atoms with E-state index < -0.39 is 0 Å². The highest BCUT2D eigenvalue weighted by atomic mass is 16.5. The third kappa shape index (κ3) is 4.50. The van der Waals surface area contributed by atoms with Crippen LogP contribution in [-0.2, 0) is 16.1 Å². The minimum Gasteiger partial charge on any atom is -0.383 e. The topological polar surface area (TPSA) is 80.2 Å². The van der Waals surface area contributed by atoms with E-state index in [1.165, 1.54) is 0 Å². The number of ether oxygens (including phenoxy) is 1. The van der Waals surface area contributed by atoms with Gasteiger partial charge in [-0.2, -0.15) is 5.10 Å². The molecular weight excluding hydrogens is 258 g/mol. The van der Waals surface area contributed by atoms with Crippen LogP contribution in [0.2, 0.25) is 0 Å². The fraction of sp³-hybridized carbons (Fsp3) is 0.692. The number of carbonyl (C=O) groups is 1. The Hall–Kier alpha value is -1.60. The predicted molar refractivity (Wildman–Crippen MR) is 76.6 cm³/mol. The smallest absolute Gasteiger partial charge is 0.221 e. The molecule has 1 aromatic heterocycles. The van der Waals surface area contributed by atoms with Crippen LogP contribution in [0.3, 0.4) is 0 Å². The first-order chi connectivity index (χ1) is 9.79. The highest BCUT2D eigenvalue weighted by Gasteiger charge is 2.17. The monoisotopic (exact) mass is 281 g/mol. The van der Waals surface area contributed by atoms with Gasteiger partial charge in [-0.15, -0.1) is 0 Å². The number of amides is 1. The normalized spacial score (nSPS) is 17.4. The van der Waals surface area contributed by atoms with Gasteiger partial charge in [0.15, 0.2) is 0 Å². The molecule has 0 fully saturated rings. The number of nitrogens with one attached hydrogen (secondary N) is 3. The molecule has 2 heterocycles. The van der Waals surface area contributed by atoms with Crippen LogP contribution < -0.4 is 16.0 Å². The van der Waals surface area contributed by atoms with Gasteiger partial charge in [0.1, 0.15) is 5.82 Å². The van der Waals surface area contributed by atoms with Crippen LogP contribution in [0.4, 0.5) is 5.82 Å². The predicted octanol–water partition coefficient (Wildman–Crippen LogP) is -0.333. The molecule has 0 aliphatic carbocycles. The first-order valence-corrected chi connectivity index (χ1v) is 7.01. The molecule has 112 valence electrons. The average Bonchev–Trinajstić information content (AvgIpc) is 2.91. The number of anilines is 1. The van der Waals surface area contributed by atoms with Crippen LogP contribution in [0.1, 0.15) is 6.42 Å². The minimum absolute atomic E-state index is 0.0608. The van der Waals surface area contributed by atoms with E-state index >= 15 is 0 Å². The highest BCUT2D eigenvalue weighted by molar-refractivity contribution is 5.75. The molecule has 3 N–H and O–H groups in total. The average molecular weight is 281 g/mol. The number of methoxy groups -OCH3 is 1. The molecule has 0 saturated carbocycles. The van der Waals surface area contributed by atoms with E-state index in [2.05, 4.69) is 21.0 Å². The molecule has 1 aliphatic heterocycles. The van der Waals surface area contributed by atoms with Gasteiger partial charge in [-0.05, 0) is 0 Å². The van der Waals surface area contributed by atoms with Gasteiger partial charge in [0, 0.05) is 58.2 Å². The first kappa shape index (κ1) is 14.8. The van der Waals surface area contributed by atoms with Crippen molar-refractivity contribution in [3.05, 3.63) is 12.3 Å². The lowest BCUT2D eigenvalue weighted by Crippen LogP contribution is -2.37. The summed E-state index contributed by atoms with van der Waals surface area (Å²) in [5.41, 5.74) is 0. The minimum atomic E-state index is 0.0608. The molecule has 1 aliphatic rings. The summed E-state index contributed by atoms with van der Waals surface area (Å²) < 4.78 is 6.85. The van der Waals surface area contributed by atoms with Crippen molar-refractivity contribution in [1.82, 2.24) is 20.4 Å². The van der Waals surface area contributed by atoms with Gasteiger partial charge in [0.25, 0.3) is 0 Å². The molecule has 2 rings (SSSR count). The van der Waals surface area contributed by atoms with Gasteiger partial charge in [-0.1, -0.05) is 0 Å². The molecule has 7 heteroatoms. The Bertz CT molecular complexity index is 421. The number of aromatic nitrogens is 2. The van der Waals surface area contributed by atoms with Crippen LogP contribution in [-0.4, -0.2) is 55.6 Å². The van der Waals surface area contributed by atoms with Crippen LogP contribution in [0.25, 0.3) is 0 Å². The zero-order valence-corrected chi connectivity index (χ0v) is 11.9. The molecule has 1 amide bonds. The Morgan fingerprint density at radius 1 is 1.60 bits per heavy atom. The van der Waals surface area contributed by atoms with Crippen molar-refractivity contribution in [3.8, 4) is 0 Å². The van der Waals surface area contributed by atoms with Gasteiger partial charge in [0.05, 0.1) is 12.8 Å². The number of nitrogens with zero attached hydrogens (tertiary/aromatic N) is 2. The van der Waals surface area contributed by atoms with Gasteiger partial charge in [-0.3, -0.25) is 4.79 Å². The van der Waals surface area contributed by atoms with Crippen molar-refractivity contribution in [2.75, 3.05) is 45.2 Å². The molecule has 1 atom stereocenters. The zero-order valence-electron chi connectivity index (χ0n) is 11.9. The summed E-state index contributed by atoms with van der Waals surface area (Å²) in [7, 11) is 1.62. The van der Waals surface area contributed by atoms with Crippen molar-refractivity contribution >= 4 is 11.7 Å². The van der Waals surface area contributed by atoms with Gasteiger partial charge in [-0.25, -0.2) is 4.68 Å². The number of rotatable bonds is 8. The summed E-state index contributed by atoms with van der Waals surface area (Å²) >= 11 is 0. The summed E-state index contributed by atoms with van der Waals surface area (Å²) in [6.07, 6.45) is 2.30. The summed E-state index contributed by atoms with van der Waals surface area (Å²) in [4.78, 5) is 11.5. The third-order valence-corrected chi connectivity index (χ3v) is 3.31. The maximum atomic E-state index is 11.5. The zero-order chi connectivity index (χ0) is 14.2. The SMILES string of the molecule is COCCNC(=O)CCNC[C@@H]1CNc2ccnn2C1. The standard InChI is InChI=1S/C13H23N5O2/c1-20-7-6-15-13(19)3-4-14-8-11-9-16-12-2-5-17-18(12)10-11/h2,5,11,14,16H,3-4,6-10H2,1H3,(H,15,19)/t11-/m1/s1. The van der Waals surface area contributed by atoms with E-state index in [1.54, 1.807) is 7.11 Å². The van der Waals surface area contributed by atoms with Gasteiger partial charge >= 0.3 is 0 Å². The molecule has 20 heavy (non-hydrogen) atoms. The first-order valence-electron chi connectivity index (χ1n) is 7.01. The van der Waals surface area contributed by atoms with Gasteiger partial charge in [0.2, 0.25) is 5.91 Å². The quantitative estimate of drug-likeness (QED) is 0.568. The number of carbonyl (C=O) groups excluding carboxylic acids is 1. The highest BCUT2D eigenvalue weighted by Crippen LogP contribution is 2.15. The molecule has 7 nitrogen and oxygen atoms in total. The number of hydrogen-bond donors (Lipinski definition) is 3. The van der Waals surface area contributed by atoms with E-state index in [-0.39, 0.29) is 5.91 Å². The lowest BCUT2D eigenvalue weighted by atomic mass is 10.1. The van der Waals surface area contributed by atoms with E-state index in [0.717, 1.165) is 25.5 Å². The lowest BCUT2D eigenvalue weighted by molar-refractivity contribution is -0.121. The van der Waals surface area contributed by atoms with Crippen molar-refractivity contribution in [3.63, 3.8) is 0 Å². The van der Waals surface area contributed by atoms with Crippen molar-refractivity contribution in [2.45, 2.75) is 13.0 Å². The van der Waals surface area contributed by atoms with E-state index in [1.807, 2.05) is 16.9 Å². The molecule has 1 aromatic rings. The Morgan fingerprint density at radius 2 is 2.50 bits per heavy atom. The van der Waals surface area contributed by atoms with Crippen LogP contribution >= 0.6 is 0 Å². The van der Waals surface area contributed by atoms with E-state index in [0.29, 0.717) is 32.0 Å². The Morgan fingerprint density at radius 3 is 3.35 bits per heavy atom. The summed E-state index contributed by atoms with van der Waals surface area (Å²) in [6.45, 7) is 4.57. The third-order valence-electron chi connectivity index (χ3n) is 3.31. The van der Waals surface area contributed by atoms with Crippen molar-refractivity contribution < 1.29 is 9.53 Å². The largest absolute Gasteiger partial charge is 0.383 e. The molecule has 0 unspecified atom stereocenters. The maximum Gasteiger partial charge on any atom is 0.221 e. The van der Waals surface area contributed by atoms with Crippen LogP contribution in [0.5, 0.6) is 0 Å². The summed E-state index contributed by atoms with van der Waals surface area (Å²) in [5.74, 6) is 1.64. The fourth-order valence-electron chi connectivity index (χ4n) is 2.21. The molecule has 0 aromatic carbocycles. The number of hydrogen-bond acceptors (Lipinski definition) is 5. The lowest BCUT2D eigenvalue weighted by Gasteiger charge is -2.25. The molecule has 0 saturated heterocycles. The Kier molecular flexibility index (Phi) is 5.82. The van der Waals surface area contributed by atoms with E-state index in [9.17, 15) is 4.79 Å². The fourth-order valence-corrected chi connectivity index (χ4v) is 2.21. The molecule has 0 spiro atoms. The Labute approximate surface area is 119 Å². The van der Waals surface area contributed by atoms with Crippen molar-refractivity contribution in [2.24, 2.45) is 5.92 Å². The number of fused-ring (bicyclic) bond motifs is 1. The Balaban J connectivity index is 1.55. The second-order valence-corrected chi connectivity index (χ2v) is 4.94. The summed E-state index contributed by atoms with van der Waals surface area (Å²) in [5, 5.41) is 13.7. The van der Waals surface area contributed by atoms with Gasteiger partial charge < -0.3 is 20.7 Å². The summed E-state index contributed by atoms with van der Waals surface area (Å²) in [6, 6.07) is 1.98. The molecule has 0 bridgehead atoms. The second-order valence-electron chi connectivity index (χ2n) is 4.94. The van der Waals surface area contributed by atoms with Crippen LogP contribution in [0, 0.1) is 5.92 Å². The second kappa shape index (κ2) is 7.86. The van der Waals surface area contributed by atoms with E-state index in [4.69, 9.17) is 4.74 Å². The maximum absolute atomic E-state index is 11.5. The van der Waals surface area contributed by atoms with Crippen molar-refractivity contribution in [1.29, 1.82) is 0 Å².